The molecule has 3 aromatic rings. The average Bonchev–Trinajstić information content (AvgIpc) is 3.03. The molecule has 8 heteroatoms. The van der Waals surface area contributed by atoms with Gasteiger partial charge in [-0.2, -0.15) is 5.10 Å². The molecule has 6 nitrogen and oxygen atoms in total. The van der Waals surface area contributed by atoms with E-state index in [1.165, 1.54) is 4.68 Å². The van der Waals surface area contributed by atoms with Crippen molar-refractivity contribution in [2.75, 3.05) is 18.0 Å². The second-order valence-corrected chi connectivity index (χ2v) is 7.43. The Bertz CT molecular complexity index is 992. The van der Waals surface area contributed by atoms with Crippen molar-refractivity contribution in [3.05, 3.63) is 50.1 Å². The maximum atomic E-state index is 12.0. The van der Waals surface area contributed by atoms with E-state index in [2.05, 4.69) is 30.9 Å². The molecule has 4 rings (SSSR count). The molecule has 1 aliphatic heterocycles. The first-order chi connectivity index (χ1) is 12.0. The summed E-state index contributed by atoms with van der Waals surface area (Å²) >= 11 is 9.41. The molecule has 0 bridgehead atoms. The lowest BCUT2D eigenvalue weighted by molar-refractivity contribution is 0.407. The molecule has 3 heterocycles. The van der Waals surface area contributed by atoms with Gasteiger partial charge in [-0.3, -0.25) is 4.79 Å². The van der Waals surface area contributed by atoms with E-state index in [4.69, 9.17) is 16.0 Å². The highest BCUT2D eigenvalue weighted by Gasteiger charge is 2.26. The monoisotopic (exact) mass is 422 g/mol. The zero-order valence-electron chi connectivity index (χ0n) is 13.6. The third-order valence-corrected chi connectivity index (χ3v) is 5.59. The fourth-order valence-corrected chi connectivity index (χ4v) is 3.96. The number of halogens is 2. The minimum atomic E-state index is -0.129. The lowest BCUT2D eigenvalue weighted by Gasteiger charge is -2.32. The number of anilines is 1. The molecule has 1 aromatic carbocycles. The van der Waals surface area contributed by atoms with Crippen LogP contribution in [-0.4, -0.2) is 27.9 Å². The van der Waals surface area contributed by atoms with Crippen molar-refractivity contribution in [2.45, 2.75) is 18.8 Å². The number of piperidine rings is 1. The highest BCUT2D eigenvalue weighted by Crippen LogP contribution is 2.33. The van der Waals surface area contributed by atoms with Crippen LogP contribution in [0.25, 0.3) is 11.1 Å². The third-order valence-electron chi connectivity index (χ3n) is 4.61. The summed E-state index contributed by atoms with van der Waals surface area (Å²) in [5, 5.41) is 4.78. The van der Waals surface area contributed by atoms with Gasteiger partial charge in [-0.1, -0.05) is 11.6 Å². The number of nitrogens with zero attached hydrogens (tertiary/aromatic N) is 4. The van der Waals surface area contributed by atoms with Gasteiger partial charge in [0.1, 0.15) is 9.99 Å². The van der Waals surface area contributed by atoms with Crippen LogP contribution in [0.1, 0.15) is 24.7 Å². The Morgan fingerprint density at radius 1 is 1.32 bits per heavy atom. The second-order valence-electron chi connectivity index (χ2n) is 6.20. The molecule has 0 unspecified atom stereocenters. The van der Waals surface area contributed by atoms with Gasteiger partial charge in [0.25, 0.3) is 5.56 Å². The molecular formula is C17H16BrClN4O2. The standard InChI is InChI=1S/C17H16BrClN4O2/c1-22-17(24)15(18)13(9-20-22)23-6-4-10(5-7-23)16-21-12-8-11(19)2-3-14(12)25-16/h2-3,8-10H,4-7H2,1H3. The molecule has 130 valence electrons. The lowest BCUT2D eigenvalue weighted by Crippen LogP contribution is -2.35. The topological polar surface area (TPSA) is 64.2 Å². The fraction of sp³-hybridized carbons (Fsp3) is 0.353. The highest BCUT2D eigenvalue weighted by molar-refractivity contribution is 9.10. The summed E-state index contributed by atoms with van der Waals surface area (Å²) in [5.74, 6) is 1.03. The molecule has 0 spiro atoms. The van der Waals surface area contributed by atoms with Gasteiger partial charge in [-0.15, -0.1) is 0 Å². The van der Waals surface area contributed by atoms with Crippen LogP contribution in [0.4, 0.5) is 5.69 Å². The molecule has 1 saturated heterocycles. The van der Waals surface area contributed by atoms with Crippen molar-refractivity contribution in [3.63, 3.8) is 0 Å². The molecule has 1 aliphatic rings. The molecular weight excluding hydrogens is 408 g/mol. The van der Waals surface area contributed by atoms with Gasteiger partial charge in [0.2, 0.25) is 0 Å². The number of oxazole rings is 1. The minimum absolute atomic E-state index is 0.129. The van der Waals surface area contributed by atoms with Crippen molar-refractivity contribution >= 4 is 44.3 Å². The fourth-order valence-electron chi connectivity index (χ4n) is 3.18. The third kappa shape index (κ3) is 3.06. The summed E-state index contributed by atoms with van der Waals surface area (Å²) in [6, 6.07) is 5.48. The van der Waals surface area contributed by atoms with Crippen LogP contribution in [0.3, 0.4) is 0 Å². The summed E-state index contributed by atoms with van der Waals surface area (Å²) in [4.78, 5) is 18.8. The predicted molar refractivity (Wildman–Crippen MR) is 100 cm³/mol. The van der Waals surface area contributed by atoms with E-state index in [-0.39, 0.29) is 11.5 Å². The summed E-state index contributed by atoms with van der Waals surface area (Å²) in [7, 11) is 1.64. The van der Waals surface area contributed by atoms with Gasteiger partial charge in [-0.25, -0.2) is 9.67 Å². The van der Waals surface area contributed by atoms with E-state index in [1.54, 1.807) is 13.2 Å². The molecule has 2 aromatic heterocycles. The number of fused-ring (bicyclic) bond motifs is 1. The van der Waals surface area contributed by atoms with E-state index >= 15 is 0 Å². The summed E-state index contributed by atoms with van der Waals surface area (Å²) in [6.45, 7) is 1.63. The number of hydrogen-bond acceptors (Lipinski definition) is 5. The first-order valence-electron chi connectivity index (χ1n) is 8.05. The van der Waals surface area contributed by atoms with Gasteiger partial charge in [0, 0.05) is 31.1 Å². The van der Waals surface area contributed by atoms with E-state index < -0.39 is 0 Å². The average molecular weight is 424 g/mol. The Balaban J connectivity index is 1.53. The van der Waals surface area contributed by atoms with Crippen LogP contribution in [0.5, 0.6) is 0 Å². The SMILES string of the molecule is Cn1ncc(N2CCC(c3nc4cc(Cl)ccc4o3)CC2)c(Br)c1=O. The predicted octanol–water partition coefficient (Wildman–Crippen LogP) is 3.72. The van der Waals surface area contributed by atoms with E-state index in [0.717, 1.165) is 48.6 Å². The maximum Gasteiger partial charge on any atom is 0.282 e. The van der Waals surface area contributed by atoms with Crippen molar-refractivity contribution < 1.29 is 4.42 Å². The number of benzene rings is 1. The van der Waals surface area contributed by atoms with Crippen LogP contribution in [0.2, 0.25) is 5.02 Å². The van der Waals surface area contributed by atoms with Crippen LogP contribution >= 0.6 is 27.5 Å². The van der Waals surface area contributed by atoms with Gasteiger partial charge in [-0.05, 0) is 47.0 Å². The Kier molecular flexibility index (Phi) is 4.29. The maximum absolute atomic E-state index is 12.0. The Labute approximate surface area is 157 Å². The Morgan fingerprint density at radius 3 is 2.84 bits per heavy atom. The molecule has 1 fully saturated rings. The van der Waals surface area contributed by atoms with E-state index in [9.17, 15) is 4.79 Å². The number of aromatic nitrogens is 3. The van der Waals surface area contributed by atoms with Crippen molar-refractivity contribution in [2.24, 2.45) is 7.05 Å². The molecule has 25 heavy (non-hydrogen) atoms. The molecule has 0 saturated carbocycles. The van der Waals surface area contributed by atoms with Gasteiger partial charge < -0.3 is 9.32 Å². The van der Waals surface area contributed by atoms with Crippen molar-refractivity contribution in [1.82, 2.24) is 14.8 Å². The Morgan fingerprint density at radius 2 is 2.08 bits per heavy atom. The summed E-state index contributed by atoms with van der Waals surface area (Å²) in [5.41, 5.74) is 2.27. The van der Waals surface area contributed by atoms with E-state index in [0.29, 0.717) is 9.50 Å². The quantitative estimate of drug-likeness (QED) is 0.628. The molecule has 0 amide bonds. The largest absolute Gasteiger partial charge is 0.440 e. The van der Waals surface area contributed by atoms with Crippen LogP contribution < -0.4 is 10.5 Å². The number of hydrogen-bond donors (Lipinski definition) is 0. The number of aryl methyl sites for hydroxylation is 1. The normalized spacial score (nSPS) is 15.9. The van der Waals surface area contributed by atoms with Gasteiger partial charge in [0.05, 0.1) is 11.9 Å². The van der Waals surface area contributed by atoms with Crippen molar-refractivity contribution in [1.29, 1.82) is 0 Å². The molecule has 0 aliphatic carbocycles. The molecule has 0 atom stereocenters. The lowest BCUT2D eigenvalue weighted by atomic mass is 9.96. The van der Waals surface area contributed by atoms with Crippen LogP contribution in [-0.2, 0) is 7.05 Å². The molecule has 0 N–H and O–H groups in total. The summed E-state index contributed by atoms with van der Waals surface area (Å²) < 4.78 is 7.78. The summed E-state index contributed by atoms with van der Waals surface area (Å²) in [6.07, 6.45) is 3.54. The van der Waals surface area contributed by atoms with Gasteiger partial charge in [0.15, 0.2) is 11.5 Å². The zero-order chi connectivity index (χ0) is 17.6. The van der Waals surface area contributed by atoms with Crippen LogP contribution in [0, 0.1) is 0 Å². The first-order valence-corrected chi connectivity index (χ1v) is 9.23. The van der Waals surface area contributed by atoms with E-state index in [1.807, 2.05) is 18.2 Å². The van der Waals surface area contributed by atoms with Gasteiger partial charge >= 0.3 is 0 Å². The molecule has 0 radical (unpaired) electrons. The minimum Gasteiger partial charge on any atom is -0.440 e. The zero-order valence-corrected chi connectivity index (χ0v) is 15.9. The second kappa shape index (κ2) is 6.46. The highest BCUT2D eigenvalue weighted by atomic mass is 79.9. The first kappa shape index (κ1) is 16.6. The number of rotatable bonds is 2. The smallest absolute Gasteiger partial charge is 0.282 e. The van der Waals surface area contributed by atoms with Crippen LogP contribution in [0.15, 0.2) is 38.1 Å². The van der Waals surface area contributed by atoms with Crippen molar-refractivity contribution in [3.8, 4) is 0 Å². The Hall–Kier alpha value is -1.86.